The third kappa shape index (κ3) is 2.69. The Labute approximate surface area is 115 Å². The van der Waals surface area contributed by atoms with Gasteiger partial charge in [-0.2, -0.15) is 0 Å². The number of pyridine rings is 1. The van der Waals surface area contributed by atoms with E-state index < -0.39 is 5.97 Å². The number of aromatic carboxylic acids is 1. The Bertz CT molecular complexity index is 629. The Balaban J connectivity index is 2.48. The van der Waals surface area contributed by atoms with Gasteiger partial charge in [0, 0.05) is 12.2 Å². The molecule has 0 amide bonds. The predicted octanol–water partition coefficient (Wildman–Crippen LogP) is 2.66. The number of benzene rings is 1. The van der Waals surface area contributed by atoms with Crippen molar-refractivity contribution in [3.63, 3.8) is 0 Å². The summed E-state index contributed by atoms with van der Waals surface area (Å²) in [7, 11) is 0. The molecule has 0 bridgehead atoms. The monoisotopic (exact) mass is 275 g/mol. The average molecular weight is 275 g/mol. The molecule has 6 heteroatoms. The zero-order chi connectivity index (χ0) is 14.7. The van der Waals surface area contributed by atoms with Crippen molar-refractivity contribution in [3.05, 3.63) is 47.9 Å². The Hall–Kier alpha value is -2.63. The van der Waals surface area contributed by atoms with E-state index in [2.05, 4.69) is 4.98 Å². The van der Waals surface area contributed by atoms with E-state index in [4.69, 9.17) is 10.8 Å². The Morgan fingerprint density at radius 1 is 1.30 bits per heavy atom. The van der Waals surface area contributed by atoms with E-state index in [9.17, 15) is 9.18 Å². The Morgan fingerprint density at radius 3 is 2.50 bits per heavy atom. The van der Waals surface area contributed by atoms with Crippen LogP contribution in [0.15, 0.2) is 36.4 Å². The van der Waals surface area contributed by atoms with Crippen molar-refractivity contribution in [3.8, 4) is 0 Å². The number of aromatic nitrogens is 1. The molecule has 2 aromatic rings. The summed E-state index contributed by atoms with van der Waals surface area (Å²) < 4.78 is 13.0. The van der Waals surface area contributed by atoms with E-state index in [1.165, 1.54) is 24.3 Å². The van der Waals surface area contributed by atoms with Crippen LogP contribution in [0.3, 0.4) is 0 Å². The summed E-state index contributed by atoms with van der Waals surface area (Å²) in [6.07, 6.45) is 0. The van der Waals surface area contributed by atoms with Crippen LogP contribution >= 0.6 is 0 Å². The molecule has 0 unspecified atom stereocenters. The standard InChI is InChI=1S/C14H14FN3O2/c1-2-18(10-5-3-9(15)4-6-10)13-11(16)7-8-12(17-13)14(19)20/h3-8H,2,16H2,1H3,(H,19,20). The van der Waals surface area contributed by atoms with Crippen LogP contribution < -0.4 is 10.6 Å². The predicted molar refractivity (Wildman–Crippen MR) is 74.7 cm³/mol. The number of hydrogen-bond donors (Lipinski definition) is 2. The van der Waals surface area contributed by atoms with Crippen LogP contribution in [0.25, 0.3) is 0 Å². The summed E-state index contributed by atoms with van der Waals surface area (Å²) in [6, 6.07) is 8.68. The van der Waals surface area contributed by atoms with Crippen LogP contribution in [-0.2, 0) is 0 Å². The van der Waals surface area contributed by atoms with E-state index in [0.717, 1.165) is 0 Å². The number of carboxylic acids is 1. The van der Waals surface area contributed by atoms with E-state index in [0.29, 0.717) is 23.7 Å². The number of rotatable bonds is 4. The van der Waals surface area contributed by atoms with Gasteiger partial charge in [0.2, 0.25) is 0 Å². The van der Waals surface area contributed by atoms with E-state index in [1.54, 1.807) is 17.0 Å². The number of carboxylic acid groups (broad SMARTS) is 1. The number of halogens is 1. The smallest absolute Gasteiger partial charge is 0.354 e. The average Bonchev–Trinajstić information content (AvgIpc) is 2.43. The van der Waals surface area contributed by atoms with Gasteiger partial charge in [0.1, 0.15) is 5.82 Å². The van der Waals surface area contributed by atoms with Gasteiger partial charge >= 0.3 is 5.97 Å². The number of nitrogens with zero attached hydrogens (tertiary/aromatic N) is 2. The normalized spacial score (nSPS) is 10.3. The van der Waals surface area contributed by atoms with Crippen molar-refractivity contribution in [2.24, 2.45) is 0 Å². The molecule has 0 fully saturated rings. The number of carbonyl (C=O) groups is 1. The molecule has 0 saturated heterocycles. The maximum atomic E-state index is 13.0. The number of hydrogen-bond acceptors (Lipinski definition) is 4. The van der Waals surface area contributed by atoms with Crippen molar-refractivity contribution in [1.29, 1.82) is 0 Å². The van der Waals surface area contributed by atoms with Crippen molar-refractivity contribution in [1.82, 2.24) is 4.98 Å². The van der Waals surface area contributed by atoms with Crippen molar-refractivity contribution < 1.29 is 14.3 Å². The first-order chi connectivity index (χ1) is 9.52. The van der Waals surface area contributed by atoms with Gasteiger partial charge in [-0.05, 0) is 43.3 Å². The van der Waals surface area contributed by atoms with E-state index in [-0.39, 0.29) is 11.5 Å². The molecule has 0 saturated carbocycles. The van der Waals surface area contributed by atoms with E-state index >= 15 is 0 Å². The fourth-order valence-corrected chi connectivity index (χ4v) is 1.87. The zero-order valence-corrected chi connectivity index (χ0v) is 10.9. The highest BCUT2D eigenvalue weighted by atomic mass is 19.1. The molecule has 3 N–H and O–H groups in total. The number of nitrogens with two attached hydrogens (primary N) is 1. The zero-order valence-electron chi connectivity index (χ0n) is 10.9. The molecule has 2 rings (SSSR count). The largest absolute Gasteiger partial charge is 0.477 e. The molecule has 20 heavy (non-hydrogen) atoms. The summed E-state index contributed by atoms with van der Waals surface area (Å²) in [6.45, 7) is 2.39. The molecule has 0 aliphatic heterocycles. The van der Waals surface area contributed by atoms with Gasteiger partial charge in [0.15, 0.2) is 11.5 Å². The highest BCUT2D eigenvalue weighted by Gasteiger charge is 2.15. The summed E-state index contributed by atoms with van der Waals surface area (Å²) >= 11 is 0. The van der Waals surface area contributed by atoms with Gasteiger partial charge in [0.05, 0.1) is 5.69 Å². The first kappa shape index (κ1) is 13.8. The van der Waals surface area contributed by atoms with Gasteiger partial charge in [0.25, 0.3) is 0 Å². The molecule has 0 atom stereocenters. The maximum Gasteiger partial charge on any atom is 0.354 e. The molecule has 1 aromatic heterocycles. The fraction of sp³-hybridized carbons (Fsp3) is 0.143. The van der Waals surface area contributed by atoms with Gasteiger partial charge in [-0.15, -0.1) is 0 Å². The lowest BCUT2D eigenvalue weighted by molar-refractivity contribution is 0.0690. The van der Waals surface area contributed by atoms with Crippen LogP contribution in [0.2, 0.25) is 0 Å². The van der Waals surface area contributed by atoms with Crippen LogP contribution in [0.4, 0.5) is 21.6 Å². The Kier molecular flexibility index (Phi) is 3.84. The molecule has 1 aromatic carbocycles. The summed E-state index contributed by atoms with van der Waals surface area (Å²) in [5.74, 6) is -1.12. The highest BCUT2D eigenvalue weighted by Crippen LogP contribution is 2.28. The minimum Gasteiger partial charge on any atom is -0.477 e. The lowest BCUT2D eigenvalue weighted by atomic mass is 10.2. The molecular formula is C14H14FN3O2. The maximum absolute atomic E-state index is 13.0. The second kappa shape index (κ2) is 5.56. The molecule has 1 heterocycles. The molecule has 0 aliphatic carbocycles. The molecular weight excluding hydrogens is 261 g/mol. The van der Waals surface area contributed by atoms with Crippen molar-refractivity contribution >= 4 is 23.2 Å². The molecule has 0 aliphatic rings. The molecule has 5 nitrogen and oxygen atoms in total. The van der Waals surface area contributed by atoms with Crippen LogP contribution in [0.5, 0.6) is 0 Å². The lowest BCUT2D eigenvalue weighted by Gasteiger charge is -2.23. The summed E-state index contributed by atoms with van der Waals surface area (Å²) in [5, 5.41) is 8.99. The Morgan fingerprint density at radius 2 is 1.95 bits per heavy atom. The highest BCUT2D eigenvalue weighted by molar-refractivity contribution is 5.87. The second-order valence-corrected chi connectivity index (χ2v) is 4.14. The minimum atomic E-state index is -1.12. The summed E-state index contributed by atoms with van der Waals surface area (Å²) in [4.78, 5) is 16.8. The summed E-state index contributed by atoms with van der Waals surface area (Å²) in [5.41, 5.74) is 6.83. The van der Waals surface area contributed by atoms with E-state index in [1.807, 2.05) is 6.92 Å². The third-order valence-corrected chi connectivity index (χ3v) is 2.83. The third-order valence-electron chi connectivity index (χ3n) is 2.83. The lowest BCUT2D eigenvalue weighted by Crippen LogP contribution is -2.20. The molecule has 104 valence electrons. The first-order valence-electron chi connectivity index (χ1n) is 6.06. The van der Waals surface area contributed by atoms with Crippen molar-refractivity contribution in [2.75, 3.05) is 17.2 Å². The SMILES string of the molecule is CCN(c1ccc(F)cc1)c1nc(C(=O)O)ccc1N. The van der Waals surface area contributed by atoms with Gasteiger partial charge in [-0.3, -0.25) is 0 Å². The van der Waals surface area contributed by atoms with Crippen molar-refractivity contribution in [2.45, 2.75) is 6.92 Å². The molecule has 0 spiro atoms. The number of nitrogen functional groups attached to an aromatic ring is 1. The molecule has 0 radical (unpaired) electrons. The van der Waals surface area contributed by atoms with Gasteiger partial charge < -0.3 is 15.7 Å². The fourth-order valence-electron chi connectivity index (χ4n) is 1.87. The second-order valence-electron chi connectivity index (χ2n) is 4.14. The number of anilines is 3. The first-order valence-corrected chi connectivity index (χ1v) is 6.06. The van der Waals surface area contributed by atoms with Crippen LogP contribution in [-0.4, -0.2) is 22.6 Å². The van der Waals surface area contributed by atoms with Gasteiger partial charge in [-0.1, -0.05) is 0 Å². The van der Waals surface area contributed by atoms with Gasteiger partial charge in [-0.25, -0.2) is 14.2 Å². The van der Waals surface area contributed by atoms with Crippen LogP contribution in [0.1, 0.15) is 17.4 Å². The topological polar surface area (TPSA) is 79.5 Å². The quantitative estimate of drug-likeness (QED) is 0.896. The van der Waals surface area contributed by atoms with Crippen LogP contribution in [0, 0.1) is 5.82 Å². The minimum absolute atomic E-state index is 0.0882.